The number of rotatable bonds is 8. The van der Waals surface area contributed by atoms with Crippen molar-refractivity contribution in [1.29, 1.82) is 0 Å². The van der Waals surface area contributed by atoms with Gasteiger partial charge in [0.05, 0.1) is 29.7 Å². The van der Waals surface area contributed by atoms with Gasteiger partial charge < -0.3 is 9.84 Å². The molecule has 0 amide bonds. The van der Waals surface area contributed by atoms with Crippen LogP contribution in [0.2, 0.25) is 0 Å². The van der Waals surface area contributed by atoms with Crippen LogP contribution in [0, 0.1) is 0 Å². The molecule has 0 spiro atoms. The molecule has 5 rings (SSSR count). The van der Waals surface area contributed by atoms with Crippen molar-refractivity contribution in [3.8, 4) is 28.4 Å². The molecule has 0 radical (unpaired) electrons. The first-order chi connectivity index (χ1) is 16.7. The molecule has 0 aliphatic rings. The number of hydrogen-bond acceptors (Lipinski definition) is 6. The highest BCUT2D eigenvalue weighted by molar-refractivity contribution is 5.87. The highest BCUT2D eigenvalue weighted by atomic mass is 16.5. The van der Waals surface area contributed by atoms with Crippen LogP contribution < -0.4 is 4.74 Å². The van der Waals surface area contributed by atoms with Crippen molar-refractivity contribution in [2.75, 3.05) is 0 Å². The number of nitrogens with zero attached hydrogens (tertiary/aromatic N) is 5. The number of aromatic nitrogens is 5. The molecule has 0 atom stereocenters. The Bertz CT molecular complexity index is 1410. The first kappa shape index (κ1) is 21.1. The summed E-state index contributed by atoms with van der Waals surface area (Å²) in [4.78, 5) is 11.6. The summed E-state index contributed by atoms with van der Waals surface area (Å²) in [5.41, 5.74) is 3.95. The Morgan fingerprint density at radius 2 is 1.74 bits per heavy atom. The smallest absolute Gasteiger partial charge is 0.153 e. The zero-order valence-electron chi connectivity index (χ0n) is 18.2. The monoisotopic (exact) mass is 451 g/mol. The van der Waals surface area contributed by atoms with Crippen molar-refractivity contribution in [1.82, 2.24) is 24.8 Å². The first-order valence-electron chi connectivity index (χ1n) is 10.7. The van der Waals surface area contributed by atoms with Crippen LogP contribution >= 0.6 is 0 Å². The molecule has 1 N–H and O–H groups in total. The second kappa shape index (κ2) is 9.41. The van der Waals surface area contributed by atoms with Gasteiger partial charge in [-0.15, -0.1) is 5.10 Å². The summed E-state index contributed by atoms with van der Waals surface area (Å²) >= 11 is 0. The number of carbonyl (C=O) groups is 1. The van der Waals surface area contributed by atoms with E-state index in [1.807, 2.05) is 60.7 Å². The fraction of sp³-hybridized carbons (Fsp3) is 0.0769. The summed E-state index contributed by atoms with van der Waals surface area (Å²) in [6, 6.07) is 24.4. The van der Waals surface area contributed by atoms with Gasteiger partial charge in [0.2, 0.25) is 0 Å². The summed E-state index contributed by atoms with van der Waals surface area (Å²) in [5, 5.41) is 23.3. The van der Waals surface area contributed by atoms with Crippen LogP contribution in [-0.4, -0.2) is 36.2 Å². The predicted octanol–water partition coefficient (Wildman–Crippen LogP) is 4.28. The van der Waals surface area contributed by atoms with Gasteiger partial charge in [-0.25, -0.2) is 9.36 Å². The molecule has 2 aromatic heterocycles. The molecule has 8 heteroatoms. The van der Waals surface area contributed by atoms with Crippen LogP contribution in [0.1, 0.15) is 21.6 Å². The molecule has 2 heterocycles. The Kier molecular flexibility index (Phi) is 5.85. The highest BCUT2D eigenvalue weighted by Gasteiger charge is 2.16. The third-order valence-electron chi connectivity index (χ3n) is 5.37. The Morgan fingerprint density at radius 3 is 2.47 bits per heavy atom. The Balaban J connectivity index is 1.33. The van der Waals surface area contributed by atoms with Gasteiger partial charge in [0.15, 0.2) is 6.29 Å². The lowest BCUT2D eigenvalue weighted by Crippen LogP contribution is -2.09. The number of phenolic OH excluding ortho intramolecular Hbond substituents is 1. The van der Waals surface area contributed by atoms with Crippen molar-refractivity contribution >= 4 is 6.29 Å². The maximum absolute atomic E-state index is 11.6. The SMILES string of the molecule is O=Cc1cn(-c2ccccc2)nc1-c1ccc(OCc2cnnn2Cc2ccccc2)cc1O. The molecule has 0 saturated carbocycles. The number of aldehydes is 1. The lowest BCUT2D eigenvalue weighted by Gasteiger charge is -2.10. The average Bonchev–Trinajstić information content (AvgIpc) is 3.51. The molecule has 168 valence electrons. The molecule has 3 aromatic carbocycles. The van der Waals surface area contributed by atoms with Crippen molar-refractivity contribution in [3.05, 3.63) is 108 Å². The fourth-order valence-corrected chi connectivity index (χ4v) is 3.63. The van der Waals surface area contributed by atoms with Gasteiger partial charge in [-0.3, -0.25) is 4.79 Å². The van der Waals surface area contributed by atoms with Crippen molar-refractivity contribution in [2.45, 2.75) is 13.2 Å². The van der Waals surface area contributed by atoms with Crippen molar-refractivity contribution in [3.63, 3.8) is 0 Å². The molecule has 0 fully saturated rings. The van der Waals surface area contributed by atoms with Crippen LogP contribution in [0.15, 0.2) is 91.3 Å². The van der Waals surface area contributed by atoms with E-state index in [1.165, 1.54) is 6.07 Å². The molecule has 0 unspecified atom stereocenters. The van der Waals surface area contributed by atoms with Crippen LogP contribution in [0.3, 0.4) is 0 Å². The van der Waals surface area contributed by atoms with E-state index in [0.29, 0.717) is 29.1 Å². The molecule has 0 bridgehead atoms. The maximum Gasteiger partial charge on any atom is 0.153 e. The van der Waals surface area contributed by atoms with Gasteiger partial charge in [-0.1, -0.05) is 53.7 Å². The van der Waals surface area contributed by atoms with Crippen molar-refractivity contribution in [2.24, 2.45) is 0 Å². The fourth-order valence-electron chi connectivity index (χ4n) is 3.63. The molecule has 0 aliphatic carbocycles. The number of phenols is 1. The highest BCUT2D eigenvalue weighted by Crippen LogP contribution is 2.33. The number of benzene rings is 3. The third kappa shape index (κ3) is 4.42. The van der Waals surface area contributed by atoms with Gasteiger partial charge in [-0.05, 0) is 29.8 Å². The van der Waals surface area contributed by atoms with Crippen LogP contribution in [0.5, 0.6) is 11.5 Å². The predicted molar refractivity (Wildman–Crippen MR) is 126 cm³/mol. The minimum absolute atomic E-state index is 0.0326. The minimum Gasteiger partial charge on any atom is -0.507 e. The molecule has 5 aromatic rings. The van der Waals surface area contributed by atoms with E-state index in [4.69, 9.17) is 4.74 Å². The van der Waals surface area contributed by atoms with Gasteiger partial charge in [0.25, 0.3) is 0 Å². The van der Waals surface area contributed by atoms with Crippen LogP contribution in [0.25, 0.3) is 16.9 Å². The second-order valence-corrected chi connectivity index (χ2v) is 7.67. The molecule has 0 saturated heterocycles. The summed E-state index contributed by atoms with van der Waals surface area (Å²) in [6.07, 6.45) is 4.03. The van der Waals surface area contributed by atoms with E-state index < -0.39 is 0 Å². The van der Waals surface area contributed by atoms with E-state index >= 15 is 0 Å². The van der Waals surface area contributed by atoms with E-state index in [1.54, 1.807) is 33.9 Å². The largest absolute Gasteiger partial charge is 0.507 e. The van der Waals surface area contributed by atoms with E-state index in [0.717, 1.165) is 23.2 Å². The topological polar surface area (TPSA) is 95.1 Å². The van der Waals surface area contributed by atoms with E-state index in [9.17, 15) is 9.90 Å². The van der Waals surface area contributed by atoms with Gasteiger partial charge in [0, 0.05) is 17.8 Å². The van der Waals surface area contributed by atoms with E-state index in [-0.39, 0.29) is 12.4 Å². The number of carbonyl (C=O) groups excluding carboxylic acids is 1. The summed E-state index contributed by atoms with van der Waals surface area (Å²) in [7, 11) is 0. The zero-order chi connectivity index (χ0) is 23.3. The third-order valence-corrected chi connectivity index (χ3v) is 5.37. The molecule has 8 nitrogen and oxygen atoms in total. The quantitative estimate of drug-likeness (QED) is 0.354. The summed E-state index contributed by atoms with van der Waals surface area (Å²) in [6.45, 7) is 0.823. The Morgan fingerprint density at radius 1 is 0.971 bits per heavy atom. The standard InChI is InChI=1S/C26H21N5O3/c32-17-20-16-30(21-9-5-2-6-10-21)28-26(20)24-12-11-23(13-25(24)33)34-18-22-14-27-29-31(22)15-19-7-3-1-4-8-19/h1-14,16-17,33H,15,18H2. The van der Waals surface area contributed by atoms with Crippen molar-refractivity contribution < 1.29 is 14.6 Å². The number of aromatic hydroxyl groups is 1. The number of hydrogen-bond donors (Lipinski definition) is 1. The number of ether oxygens (including phenoxy) is 1. The molecular weight excluding hydrogens is 430 g/mol. The number of para-hydroxylation sites is 1. The molecular formula is C26H21N5O3. The lowest BCUT2D eigenvalue weighted by molar-refractivity contribution is 0.112. The second-order valence-electron chi connectivity index (χ2n) is 7.67. The lowest BCUT2D eigenvalue weighted by atomic mass is 10.1. The maximum atomic E-state index is 11.6. The Labute approximate surface area is 195 Å². The van der Waals surface area contributed by atoms with Crippen LogP contribution in [0.4, 0.5) is 0 Å². The van der Waals surface area contributed by atoms with Crippen LogP contribution in [-0.2, 0) is 13.2 Å². The minimum atomic E-state index is -0.0326. The Hall–Kier alpha value is -4.72. The molecule has 0 aliphatic heterocycles. The normalized spacial score (nSPS) is 10.8. The zero-order valence-corrected chi connectivity index (χ0v) is 18.2. The summed E-state index contributed by atoms with van der Waals surface area (Å²) in [5.74, 6) is 0.443. The van der Waals surface area contributed by atoms with Gasteiger partial charge >= 0.3 is 0 Å². The van der Waals surface area contributed by atoms with Gasteiger partial charge in [-0.2, -0.15) is 5.10 Å². The summed E-state index contributed by atoms with van der Waals surface area (Å²) < 4.78 is 9.26. The molecule has 34 heavy (non-hydrogen) atoms. The average molecular weight is 451 g/mol. The van der Waals surface area contributed by atoms with E-state index in [2.05, 4.69) is 15.4 Å². The van der Waals surface area contributed by atoms with Gasteiger partial charge in [0.1, 0.15) is 23.8 Å². The first-order valence-corrected chi connectivity index (χ1v) is 10.7.